The van der Waals surface area contributed by atoms with Crippen molar-refractivity contribution in [1.29, 1.82) is 0 Å². The Bertz CT molecular complexity index is 445. The first kappa shape index (κ1) is 8.30. The first-order valence-electron chi connectivity index (χ1n) is 4.83. The fraction of sp³-hybridized carbons (Fsp3) is 0.250. The van der Waals surface area contributed by atoms with Crippen LogP contribution in [0.5, 0.6) is 0 Å². The molecule has 70 valence electrons. The molecule has 14 heavy (non-hydrogen) atoms. The van der Waals surface area contributed by atoms with Gasteiger partial charge < -0.3 is 0 Å². The van der Waals surface area contributed by atoms with Gasteiger partial charge in [-0.15, -0.1) is 11.8 Å². The van der Waals surface area contributed by atoms with Gasteiger partial charge >= 0.3 is 0 Å². The average molecular weight is 202 g/mol. The molecule has 0 atom stereocenters. The molecule has 1 aromatic rings. The summed E-state index contributed by atoms with van der Waals surface area (Å²) in [6, 6.07) is 8.26. The minimum absolute atomic E-state index is 0.337. The summed E-state index contributed by atoms with van der Waals surface area (Å²) in [7, 11) is 0. The molecule has 1 aromatic carbocycles. The predicted octanol–water partition coefficient (Wildman–Crippen LogP) is 2.66. The Morgan fingerprint density at radius 3 is 3.00 bits per heavy atom. The normalized spacial score (nSPS) is 19.6. The summed E-state index contributed by atoms with van der Waals surface area (Å²) in [5.41, 5.74) is 3.51. The molecule has 0 radical (unpaired) electrons. The van der Waals surface area contributed by atoms with Crippen LogP contribution in [0.1, 0.15) is 17.5 Å². The van der Waals surface area contributed by atoms with E-state index in [1.54, 1.807) is 0 Å². The highest BCUT2D eigenvalue weighted by molar-refractivity contribution is 8.03. The average Bonchev–Trinajstić information content (AvgIpc) is 2.57. The van der Waals surface area contributed by atoms with Crippen LogP contribution in [0.25, 0.3) is 5.57 Å². The highest BCUT2D eigenvalue weighted by Crippen LogP contribution is 2.42. The number of ketones is 1. The van der Waals surface area contributed by atoms with E-state index >= 15 is 0 Å². The summed E-state index contributed by atoms with van der Waals surface area (Å²) in [6.07, 6.45) is 1.68. The third kappa shape index (κ3) is 1.07. The maximum Gasteiger partial charge on any atom is 0.165 e. The Kier molecular flexibility index (Phi) is 1.77. The van der Waals surface area contributed by atoms with E-state index in [4.69, 9.17) is 0 Å². The molecule has 1 aliphatic carbocycles. The topological polar surface area (TPSA) is 17.1 Å². The van der Waals surface area contributed by atoms with Crippen LogP contribution in [0.3, 0.4) is 0 Å². The van der Waals surface area contributed by atoms with Gasteiger partial charge in [0, 0.05) is 29.1 Å². The molecule has 0 bridgehead atoms. The fourth-order valence-corrected chi connectivity index (χ4v) is 3.31. The zero-order valence-corrected chi connectivity index (χ0v) is 8.56. The van der Waals surface area contributed by atoms with E-state index in [2.05, 4.69) is 12.1 Å². The first-order valence-corrected chi connectivity index (χ1v) is 5.82. The summed E-state index contributed by atoms with van der Waals surface area (Å²) in [6.45, 7) is 0. The van der Waals surface area contributed by atoms with Crippen LogP contribution in [0.2, 0.25) is 0 Å². The van der Waals surface area contributed by atoms with Gasteiger partial charge in [-0.2, -0.15) is 0 Å². The molecule has 2 heteroatoms. The van der Waals surface area contributed by atoms with Gasteiger partial charge in [0.25, 0.3) is 0 Å². The summed E-state index contributed by atoms with van der Waals surface area (Å²) < 4.78 is 0. The lowest BCUT2D eigenvalue weighted by Gasteiger charge is -2.12. The van der Waals surface area contributed by atoms with Crippen LogP contribution in [-0.4, -0.2) is 11.5 Å². The Balaban J connectivity index is 2.19. The molecule has 3 rings (SSSR count). The predicted molar refractivity (Wildman–Crippen MR) is 59.1 cm³/mol. The number of benzene rings is 1. The third-order valence-electron chi connectivity index (χ3n) is 2.80. The molecule has 0 unspecified atom stereocenters. The van der Waals surface area contributed by atoms with E-state index in [-0.39, 0.29) is 0 Å². The second-order valence-corrected chi connectivity index (χ2v) is 4.84. The Morgan fingerprint density at radius 2 is 2.07 bits per heavy atom. The summed E-state index contributed by atoms with van der Waals surface area (Å²) in [5.74, 6) is 1.30. The number of hydrogen-bond donors (Lipinski definition) is 0. The standard InChI is InChI=1S/C12H10OS/c13-10-5-6-14-11-7-8-3-1-2-4-9(8)12(10)11/h1-4H,5-7H2. The largest absolute Gasteiger partial charge is 0.294 e. The van der Waals surface area contributed by atoms with Crippen LogP contribution >= 0.6 is 11.8 Å². The maximum atomic E-state index is 11.8. The molecule has 0 spiro atoms. The van der Waals surface area contributed by atoms with E-state index in [1.807, 2.05) is 23.9 Å². The summed E-state index contributed by atoms with van der Waals surface area (Å²) >= 11 is 1.85. The molecule has 0 saturated heterocycles. The third-order valence-corrected chi connectivity index (χ3v) is 3.91. The highest BCUT2D eigenvalue weighted by Gasteiger charge is 2.29. The minimum atomic E-state index is 0.337. The number of thioether (sulfide) groups is 1. The molecule has 0 amide bonds. The molecular formula is C12H10OS. The van der Waals surface area contributed by atoms with E-state index in [9.17, 15) is 4.79 Å². The zero-order valence-electron chi connectivity index (χ0n) is 7.75. The van der Waals surface area contributed by atoms with Crippen molar-refractivity contribution >= 4 is 23.1 Å². The maximum absolute atomic E-state index is 11.8. The summed E-state index contributed by atoms with van der Waals surface area (Å²) in [5, 5.41) is 0. The smallest absolute Gasteiger partial charge is 0.165 e. The Labute approximate surface area is 87.2 Å². The molecule has 1 nitrogen and oxygen atoms in total. The van der Waals surface area contributed by atoms with Gasteiger partial charge in [-0.3, -0.25) is 4.79 Å². The quantitative estimate of drug-likeness (QED) is 0.643. The van der Waals surface area contributed by atoms with Gasteiger partial charge in [0.1, 0.15) is 0 Å². The SMILES string of the molecule is O=C1CCSC2=C1c1ccccc1C2. The van der Waals surface area contributed by atoms with E-state index in [0.717, 1.165) is 17.7 Å². The van der Waals surface area contributed by atoms with Gasteiger partial charge in [0.2, 0.25) is 0 Å². The lowest BCUT2D eigenvalue weighted by atomic mass is 10.0. The van der Waals surface area contributed by atoms with Crippen LogP contribution in [0, 0.1) is 0 Å². The van der Waals surface area contributed by atoms with Crippen molar-refractivity contribution in [2.75, 3.05) is 5.75 Å². The van der Waals surface area contributed by atoms with Crippen LogP contribution in [0.15, 0.2) is 29.2 Å². The van der Waals surface area contributed by atoms with Crippen LogP contribution in [-0.2, 0) is 11.2 Å². The van der Waals surface area contributed by atoms with Crippen molar-refractivity contribution in [2.45, 2.75) is 12.8 Å². The molecule has 0 aromatic heterocycles. The monoisotopic (exact) mass is 202 g/mol. The second-order valence-electron chi connectivity index (χ2n) is 3.65. The first-order chi connectivity index (χ1) is 6.86. The van der Waals surface area contributed by atoms with Crippen molar-refractivity contribution < 1.29 is 4.79 Å². The Hall–Kier alpha value is -1.02. The van der Waals surface area contributed by atoms with Crippen molar-refractivity contribution in [3.8, 4) is 0 Å². The van der Waals surface area contributed by atoms with Crippen LogP contribution in [0.4, 0.5) is 0 Å². The van der Waals surface area contributed by atoms with Crippen molar-refractivity contribution in [3.63, 3.8) is 0 Å². The molecule has 2 aliphatic rings. The van der Waals surface area contributed by atoms with Crippen molar-refractivity contribution in [3.05, 3.63) is 40.3 Å². The number of Topliss-reactive ketones (excluding diaryl/α,β-unsaturated/α-hetero) is 1. The number of allylic oxidation sites excluding steroid dienone is 2. The molecule has 0 N–H and O–H groups in total. The van der Waals surface area contributed by atoms with Gasteiger partial charge in [0.05, 0.1) is 0 Å². The molecule has 0 fully saturated rings. The minimum Gasteiger partial charge on any atom is -0.294 e. The van der Waals surface area contributed by atoms with E-state index in [0.29, 0.717) is 12.2 Å². The molecular weight excluding hydrogens is 192 g/mol. The van der Waals surface area contributed by atoms with Crippen molar-refractivity contribution in [2.24, 2.45) is 0 Å². The van der Waals surface area contributed by atoms with Gasteiger partial charge in [-0.1, -0.05) is 24.3 Å². The van der Waals surface area contributed by atoms with Gasteiger partial charge in [-0.05, 0) is 11.1 Å². The molecule has 1 aliphatic heterocycles. The van der Waals surface area contributed by atoms with Crippen molar-refractivity contribution in [1.82, 2.24) is 0 Å². The number of carbonyl (C=O) groups excluding carboxylic acids is 1. The van der Waals surface area contributed by atoms with Crippen LogP contribution < -0.4 is 0 Å². The molecule has 1 heterocycles. The van der Waals surface area contributed by atoms with Gasteiger partial charge in [0.15, 0.2) is 5.78 Å². The lowest BCUT2D eigenvalue weighted by molar-refractivity contribution is -0.113. The Morgan fingerprint density at radius 1 is 1.21 bits per heavy atom. The van der Waals surface area contributed by atoms with E-state index in [1.165, 1.54) is 16.0 Å². The summed E-state index contributed by atoms with van der Waals surface area (Å²) in [4.78, 5) is 13.1. The van der Waals surface area contributed by atoms with Gasteiger partial charge in [-0.25, -0.2) is 0 Å². The second kappa shape index (κ2) is 2.99. The van der Waals surface area contributed by atoms with E-state index < -0.39 is 0 Å². The fourth-order valence-electron chi connectivity index (χ4n) is 2.15. The highest BCUT2D eigenvalue weighted by atomic mass is 32.2. The lowest BCUT2D eigenvalue weighted by Crippen LogP contribution is -2.07. The number of hydrogen-bond acceptors (Lipinski definition) is 2. The zero-order chi connectivity index (χ0) is 9.54. The number of rotatable bonds is 0. The number of fused-ring (bicyclic) bond motifs is 2. The molecule has 0 saturated carbocycles. The number of carbonyl (C=O) groups is 1.